The largest absolute Gasteiger partial charge is 0.456 e. The Labute approximate surface area is 372 Å². The molecular weight excluding hydrogens is 775 g/mol. The van der Waals surface area contributed by atoms with Crippen LogP contribution in [-0.2, 0) is 0 Å². The van der Waals surface area contributed by atoms with Crippen LogP contribution in [0.4, 0.5) is 17.1 Å². The molecule has 0 unspecified atom stereocenters. The highest BCUT2D eigenvalue weighted by atomic mass is 16.3. The van der Waals surface area contributed by atoms with Crippen molar-refractivity contribution >= 4 is 60.5 Å². The van der Waals surface area contributed by atoms with Crippen molar-refractivity contribution < 1.29 is 4.42 Å². The van der Waals surface area contributed by atoms with E-state index in [0.29, 0.717) is 0 Å². The highest BCUT2D eigenvalue weighted by Gasteiger charge is 2.24. The number of para-hydroxylation sites is 1. The van der Waals surface area contributed by atoms with E-state index in [1.807, 2.05) is 12.1 Å². The minimum Gasteiger partial charge on any atom is -0.456 e. The van der Waals surface area contributed by atoms with Gasteiger partial charge in [0.25, 0.3) is 0 Å². The molecule has 0 N–H and O–H groups in total. The summed E-state index contributed by atoms with van der Waals surface area (Å²) in [5, 5.41) is 7.15. The van der Waals surface area contributed by atoms with Crippen molar-refractivity contribution in [3.05, 3.63) is 249 Å². The molecule has 1 aromatic heterocycles. The number of hydrogen-bond acceptors (Lipinski definition) is 2. The summed E-state index contributed by atoms with van der Waals surface area (Å²) in [6, 6.07) is 89.9. The van der Waals surface area contributed by atoms with Gasteiger partial charge in [-0.3, -0.25) is 0 Å². The van der Waals surface area contributed by atoms with Crippen LogP contribution in [0.2, 0.25) is 0 Å². The highest BCUT2D eigenvalue weighted by Crippen LogP contribution is 2.50. The van der Waals surface area contributed by atoms with Crippen molar-refractivity contribution in [3.8, 4) is 55.6 Å². The van der Waals surface area contributed by atoms with E-state index in [9.17, 15) is 0 Å². The lowest BCUT2D eigenvalue weighted by molar-refractivity contribution is 0.669. The van der Waals surface area contributed by atoms with E-state index in [1.54, 1.807) is 0 Å². The molecule has 1 heterocycles. The van der Waals surface area contributed by atoms with Gasteiger partial charge >= 0.3 is 0 Å². The molecule has 0 saturated carbocycles. The average molecular weight is 816 g/mol. The molecule has 2 nitrogen and oxygen atoms in total. The van der Waals surface area contributed by atoms with Gasteiger partial charge in [-0.05, 0) is 120 Å². The third-order valence-corrected chi connectivity index (χ3v) is 12.7. The first-order chi connectivity index (χ1) is 31.8. The first-order valence-corrected chi connectivity index (χ1v) is 21.9. The van der Waals surface area contributed by atoms with E-state index in [0.717, 1.165) is 50.1 Å². The van der Waals surface area contributed by atoms with Crippen LogP contribution >= 0.6 is 0 Å². The van der Waals surface area contributed by atoms with Crippen molar-refractivity contribution in [1.82, 2.24) is 0 Å². The Morgan fingerprint density at radius 2 is 0.781 bits per heavy atom. The van der Waals surface area contributed by atoms with Crippen LogP contribution in [0.1, 0.15) is 0 Å². The second-order valence-electron chi connectivity index (χ2n) is 16.4. The van der Waals surface area contributed by atoms with Crippen LogP contribution in [0.25, 0.3) is 99.1 Å². The molecule has 0 radical (unpaired) electrons. The second-order valence-corrected chi connectivity index (χ2v) is 16.4. The lowest BCUT2D eigenvalue weighted by Gasteiger charge is -2.30. The van der Waals surface area contributed by atoms with Crippen molar-refractivity contribution in [3.63, 3.8) is 0 Å². The average Bonchev–Trinajstić information content (AvgIpc) is 3.76. The zero-order chi connectivity index (χ0) is 42.4. The van der Waals surface area contributed by atoms with Gasteiger partial charge in [0.2, 0.25) is 0 Å². The summed E-state index contributed by atoms with van der Waals surface area (Å²) in [6.07, 6.45) is 0. The molecular formula is C62H41NO. The van der Waals surface area contributed by atoms with Gasteiger partial charge < -0.3 is 9.32 Å². The molecule has 0 saturated heterocycles. The number of hydrogen-bond donors (Lipinski definition) is 0. The van der Waals surface area contributed by atoms with Crippen LogP contribution in [0.5, 0.6) is 0 Å². The van der Waals surface area contributed by atoms with Crippen molar-refractivity contribution in [2.24, 2.45) is 0 Å². The normalized spacial score (nSPS) is 11.4. The summed E-state index contributed by atoms with van der Waals surface area (Å²) in [4.78, 5) is 2.44. The molecule has 12 rings (SSSR count). The summed E-state index contributed by atoms with van der Waals surface area (Å²) >= 11 is 0. The Bertz CT molecular complexity index is 3640. The van der Waals surface area contributed by atoms with E-state index in [-0.39, 0.29) is 0 Å². The zero-order valence-electron chi connectivity index (χ0n) is 35.0. The molecule has 0 bridgehead atoms. The fourth-order valence-corrected chi connectivity index (χ4v) is 9.75. The first kappa shape index (κ1) is 37.3. The quantitative estimate of drug-likeness (QED) is 0.142. The molecule has 11 aromatic carbocycles. The lowest BCUT2D eigenvalue weighted by atomic mass is 9.85. The van der Waals surface area contributed by atoms with Gasteiger partial charge in [-0.25, -0.2) is 0 Å². The molecule has 0 atom stereocenters. The van der Waals surface area contributed by atoms with Crippen molar-refractivity contribution in [2.45, 2.75) is 0 Å². The zero-order valence-corrected chi connectivity index (χ0v) is 35.0. The van der Waals surface area contributed by atoms with Gasteiger partial charge in [0, 0.05) is 27.7 Å². The SMILES string of the molecule is c1ccc(-c2ccc(N(c3ccc(-c4cccc5oc6ccccc6c45)cc3)c3cccc(-c4ccccc4-c4ccccc4)c3-c3cc4ccccc4c4ccccc34)cc2)cc1. The Morgan fingerprint density at radius 1 is 0.281 bits per heavy atom. The van der Waals surface area contributed by atoms with E-state index < -0.39 is 0 Å². The molecule has 12 aromatic rings. The van der Waals surface area contributed by atoms with E-state index in [4.69, 9.17) is 4.42 Å². The summed E-state index contributed by atoms with van der Waals surface area (Å²) in [5.74, 6) is 0. The molecule has 0 amide bonds. The van der Waals surface area contributed by atoms with Gasteiger partial charge in [0.05, 0.1) is 5.69 Å². The molecule has 300 valence electrons. The van der Waals surface area contributed by atoms with Gasteiger partial charge in [0.1, 0.15) is 11.2 Å². The van der Waals surface area contributed by atoms with Crippen LogP contribution < -0.4 is 4.90 Å². The van der Waals surface area contributed by atoms with Crippen LogP contribution in [0.3, 0.4) is 0 Å². The Hall–Kier alpha value is -8.46. The highest BCUT2D eigenvalue weighted by molar-refractivity contribution is 6.17. The maximum Gasteiger partial charge on any atom is 0.136 e. The molecule has 0 spiro atoms. The third kappa shape index (κ3) is 6.44. The van der Waals surface area contributed by atoms with Crippen LogP contribution in [-0.4, -0.2) is 0 Å². The number of nitrogens with zero attached hydrogens (tertiary/aromatic N) is 1. The summed E-state index contributed by atoms with van der Waals surface area (Å²) in [5.41, 5.74) is 16.7. The third-order valence-electron chi connectivity index (χ3n) is 12.7. The van der Waals surface area contributed by atoms with E-state index in [2.05, 4.69) is 241 Å². The van der Waals surface area contributed by atoms with Crippen molar-refractivity contribution in [2.75, 3.05) is 4.90 Å². The number of anilines is 3. The lowest BCUT2D eigenvalue weighted by Crippen LogP contribution is -2.12. The van der Waals surface area contributed by atoms with Gasteiger partial charge in [-0.15, -0.1) is 0 Å². The number of furan rings is 1. The number of rotatable bonds is 8. The maximum atomic E-state index is 6.32. The standard InChI is InChI=1S/C62H41NO/c1-3-17-42(18-4-1)43-33-37-47(38-34-43)63(48-39-35-45(36-40-48)51-28-16-32-60-62(51)56-27-13-14-31-59(56)64-60)58-30-15-29-55(53-25-10-9-22-49(53)44-19-5-2-6-20-44)61(58)57-41-46-21-7-8-23-50(46)52-24-11-12-26-54(52)57/h1-41H. The molecule has 0 fully saturated rings. The minimum atomic E-state index is 0.891. The minimum absolute atomic E-state index is 0.891. The van der Waals surface area contributed by atoms with Crippen LogP contribution in [0.15, 0.2) is 253 Å². The second kappa shape index (κ2) is 15.8. The monoisotopic (exact) mass is 815 g/mol. The Kier molecular flexibility index (Phi) is 9.20. The van der Waals surface area contributed by atoms with Gasteiger partial charge in [0.15, 0.2) is 0 Å². The van der Waals surface area contributed by atoms with E-state index >= 15 is 0 Å². The van der Waals surface area contributed by atoms with Gasteiger partial charge in [-0.1, -0.05) is 200 Å². The number of fused-ring (bicyclic) bond motifs is 6. The van der Waals surface area contributed by atoms with Crippen molar-refractivity contribution in [1.29, 1.82) is 0 Å². The van der Waals surface area contributed by atoms with Gasteiger partial charge in [-0.2, -0.15) is 0 Å². The summed E-state index contributed by atoms with van der Waals surface area (Å²) in [7, 11) is 0. The topological polar surface area (TPSA) is 16.4 Å². The molecule has 64 heavy (non-hydrogen) atoms. The summed E-state index contributed by atoms with van der Waals surface area (Å²) in [6.45, 7) is 0. The number of benzene rings is 11. The fraction of sp³-hybridized carbons (Fsp3) is 0. The molecule has 0 aliphatic heterocycles. The predicted octanol–water partition coefficient (Wildman–Crippen LogP) is 17.7. The first-order valence-electron chi connectivity index (χ1n) is 21.9. The Balaban J connectivity index is 1.13. The maximum absolute atomic E-state index is 6.32. The Morgan fingerprint density at radius 3 is 1.53 bits per heavy atom. The van der Waals surface area contributed by atoms with Crippen LogP contribution in [0, 0.1) is 0 Å². The smallest absolute Gasteiger partial charge is 0.136 e. The molecule has 2 heteroatoms. The fourth-order valence-electron chi connectivity index (χ4n) is 9.75. The predicted molar refractivity (Wildman–Crippen MR) is 271 cm³/mol. The molecule has 0 aliphatic rings. The van der Waals surface area contributed by atoms with E-state index in [1.165, 1.54) is 66.1 Å². The summed E-state index contributed by atoms with van der Waals surface area (Å²) < 4.78 is 6.32. The molecule has 0 aliphatic carbocycles.